The second kappa shape index (κ2) is 63.7. The number of carbonyl (C=O) groups is 4. The van der Waals surface area contributed by atoms with Crippen molar-refractivity contribution in [3.8, 4) is 56.2 Å². The molecule has 0 atom stereocenters. The SMILES string of the molecule is CC(=O)C=C(C)O.CC(=O)C=C(C)O.CCC(CC)C(=O)C=C(O)C(CC)CC.CCC(CC)C(=O)C=C(O)C(CC)CC.CCCc1cccc2nc(-c3[c-]c(C)cc(C)c3)ccc12.CCCc1cccc2nc(-c3[c-]c(C)cc(C)c3)ccc12.Cc1[c-]c(-c2ccc3c(-c4ccc(C)cc4)cccc3n2)cc(C)c1.Cc1cc[c-]c(-c2ccc3c(C4CCCCC4)cccc3n2)c1.[Ir].[Ir].[Ir].[Ir]. The fourth-order valence-corrected chi connectivity index (χ4v) is 17.1. The smallest absolute Gasteiger partial charge is 0.162 e. The van der Waals surface area contributed by atoms with Crippen LogP contribution >= 0.6 is 0 Å². The van der Waals surface area contributed by atoms with Crippen molar-refractivity contribution >= 4 is 66.7 Å². The van der Waals surface area contributed by atoms with Gasteiger partial charge < -0.3 is 20.4 Å². The van der Waals surface area contributed by atoms with E-state index in [2.05, 4.69) is 288 Å². The number of pyridine rings is 4. The molecule has 1 aliphatic rings. The standard InChI is InChI=1S/C24H20N.C22H22N.2C20H20N.2C13H24O2.2C5H8O2.4Ir/c1-16-7-9-19(10-8-16)21-5-4-6-24-22(21)11-12-23(25-24)20-14-17(2)13-18(3)15-20;1-16-7-5-10-18(15-16)21-14-13-20-19(11-6-12-22(20)23-21)17-8-3-2-4-9-17;2*1-4-6-16-7-5-8-20-18(16)9-10-19(21-20)17-12-14(2)11-15(3)13-17;2*1-5-10(6-2)12(14)9-13(15)11(7-3)8-4;2*1-4(6)3-5(2)7;;;;/h4-14H,1-3H3;5-7,11-15,17H,2-4,8-9H2,1H3;2*5,7-12H,4,6H2,1-3H3;2*9-11,14H,5-8H2,1-4H3;2*3,6H,1-2H3;;;;/q4*-1;;;;;;;;. The summed E-state index contributed by atoms with van der Waals surface area (Å²) in [5, 5.41) is 41.3. The zero-order valence-corrected chi connectivity index (χ0v) is 94.9. The van der Waals surface area contributed by atoms with Gasteiger partial charge in [0.1, 0.15) is 0 Å². The third-order valence-corrected chi connectivity index (χ3v) is 24.1. The van der Waals surface area contributed by atoms with Crippen LogP contribution in [0, 0.1) is 103 Å². The third kappa shape index (κ3) is 39.3. The van der Waals surface area contributed by atoms with E-state index in [-0.39, 0.29) is 150 Å². The molecule has 742 valence electrons. The average Bonchev–Trinajstić information content (AvgIpc) is 0.824. The van der Waals surface area contributed by atoms with Crippen molar-refractivity contribution in [3.63, 3.8) is 0 Å². The van der Waals surface area contributed by atoms with Gasteiger partial charge >= 0.3 is 0 Å². The Balaban J connectivity index is 0.000000415. The van der Waals surface area contributed by atoms with E-state index in [9.17, 15) is 29.4 Å². The van der Waals surface area contributed by atoms with Gasteiger partial charge in [0.05, 0.1) is 45.1 Å². The van der Waals surface area contributed by atoms with Crippen LogP contribution in [0.25, 0.3) is 99.8 Å². The number of fused-ring (bicyclic) bond motifs is 4. The molecule has 0 saturated heterocycles. The van der Waals surface area contributed by atoms with E-state index in [1.165, 1.54) is 161 Å². The van der Waals surface area contributed by atoms with Gasteiger partial charge in [-0.25, -0.2) is 0 Å². The van der Waals surface area contributed by atoms with Crippen molar-refractivity contribution in [2.75, 3.05) is 0 Å². The molecule has 4 radical (unpaired) electrons. The number of aromatic nitrogens is 4. The van der Waals surface area contributed by atoms with Crippen molar-refractivity contribution in [1.82, 2.24) is 19.9 Å². The molecule has 14 rings (SSSR count). The summed E-state index contributed by atoms with van der Waals surface area (Å²) in [5.74, 6) is 1.68. The molecule has 9 aromatic carbocycles. The second-order valence-electron chi connectivity index (χ2n) is 35.6. The Labute approximate surface area is 879 Å². The first-order valence-electron chi connectivity index (χ1n) is 48.5. The minimum atomic E-state index is -0.125. The van der Waals surface area contributed by atoms with Gasteiger partial charge in [0.15, 0.2) is 23.1 Å². The first-order chi connectivity index (χ1) is 64.2. The van der Waals surface area contributed by atoms with Gasteiger partial charge in [0, 0.05) is 150 Å². The monoisotopic (exact) mass is 2570 g/mol. The van der Waals surface area contributed by atoms with Crippen molar-refractivity contribution in [3.05, 3.63) is 333 Å². The Bertz CT molecular complexity index is 5870. The van der Waals surface area contributed by atoms with E-state index in [0.29, 0.717) is 5.92 Å². The van der Waals surface area contributed by atoms with Gasteiger partial charge in [-0.2, -0.15) is 0 Å². The Morgan fingerprint density at radius 1 is 0.348 bits per heavy atom. The average molecular weight is 2570 g/mol. The number of benzene rings is 9. The Morgan fingerprint density at radius 2 is 0.681 bits per heavy atom. The summed E-state index contributed by atoms with van der Waals surface area (Å²) in [7, 11) is 0. The molecular formula is C122H146Ir4N4O8-4. The van der Waals surface area contributed by atoms with E-state index in [0.717, 1.165) is 161 Å². The molecule has 0 unspecified atom stereocenters. The molecule has 16 heteroatoms. The number of aliphatic hydroxyl groups excluding tert-OH is 4. The minimum absolute atomic E-state index is 0. The van der Waals surface area contributed by atoms with E-state index in [1.807, 2.05) is 61.5 Å². The number of hydrogen-bond donors (Lipinski definition) is 4. The molecular weight excluding hydrogens is 2420 g/mol. The molecule has 0 spiro atoms. The summed E-state index contributed by atoms with van der Waals surface area (Å²) in [4.78, 5) is 63.0. The van der Waals surface area contributed by atoms with Crippen LogP contribution in [0.4, 0.5) is 0 Å². The number of allylic oxidation sites excluding steroid dienone is 8. The Morgan fingerprint density at radius 3 is 1.02 bits per heavy atom. The Kier molecular flexibility index (Phi) is 56.4. The molecule has 1 fully saturated rings. The second-order valence-corrected chi connectivity index (χ2v) is 35.6. The summed E-state index contributed by atoms with van der Waals surface area (Å²) in [6, 6.07) is 84.4. The molecule has 13 aromatic rings. The predicted octanol–water partition coefficient (Wildman–Crippen LogP) is 32.7. The van der Waals surface area contributed by atoms with Crippen LogP contribution in [-0.4, -0.2) is 63.5 Å². The van der Waals surface area contributed by atoms with Crippen molar-refractivity contribution in [1.29, 1.82) is 0 Å². The van der Waals surface area contributed by atoms with E-state index >= 15 is 0 Å². The zero-order chi connectivity index (χ0) is 98.1. The maximum absolute atomic E-state index is 11.7. The van der Waals surface area contributed by atoms with Gasteiger partial charge in [0.2, 0.25) is 0 Å². The molecule has 0 bridgehead atoms. The van der Waals surface area contributed by atoms with Gasteiger partial charge in [-0.1, -0.05) is 277 Å². The summed E-state index contributed by atoms with van der Waals surface area (Å²) in [5.41, 5.74) is 29.0. The maximum atomic E-state index is 11.7. The first kappa shape index (κ1) is 122. The molecule has 12 nitrogen and oxygen atoms in total. The number of rotatable bonds is 26. The van der Waals surface area contributed by atoms with Crippen LogP contribution in [-0.2, 0) is 112 Å². The van der Waals surface area contributed by atoms with Gasteiger partial charge in [-0.05, 0) is 192 Å². The van der Waals surface area contributed by atoms with Crippen LogP contribution in [0.5, 0.6) is 0 Å². The summed E-state index contributed by atoms with van der Waals surface area (Å²) in [6.07, 6.45) is 23.5. The van der Waals surface area contributed by atoms with Crippen LogP contribution in [0.3, 0.4) is 0 Å². The fraction of sp³-hybridized carbons (Fsp3) is 0.361. The topological polar surface area (TPSA) is 201 Å². The zero-order valence-electron chi connectivity index (χ0n) is 85.3. The number of aliphatic hydroxyl groups is 4. The van der Waals surface area contributed by atoms with Crippen molar-refractivity contribution < 1.29 is 120 Å². The molecule has 4 heterocycles. The van der Waals surface area contributed by atoms with Gasteiger partial charge in [-0.15, -0.1) is 140 Å². The van der Waals surface area contributed by atoms with Crippen molar-refractivity contribution in [2.24, 2.45) is 23.7 Å². The largest absolute Gasteiger partial charge is 0.512 e. The maximum Gasteiger partial charge on any atom is 0.162 e. The molecule has 1 aliphatic carbocycles. The number of carbonyl (C=O) groups excluding carboxylic acids is 4. The van der Waals surface area contributed by atoms with E-state index in [4.69, 9.17) is 30.1 Å². The number of ketones is 4. The molecule has 4 aromatic heterocycles. The van der Waals surface area contributed by atoms with Gasteiger partial charge in [-0.3, -0.25) is 39.1 Å². The summed E-state index contributed by atoms with van der Waals surface area (Å²) < 4.78 is 0. The normalized spacial score (nSPS) is 11.9. The van der Waals surface area contributed by atoms with E-state index < -0.39 is 0 Å². The van der Waals surface area contributed by atoms with Crippen molar-refractivity contribution in [2.45, 2.75) is 267 Å². The van der Waals surface area contributed by atoms with Crippen LogP contribution in [0.2, 0.25) is 0 Å². The molecule has 4 N–H and O–H groups in total. The van der Waals surface area contributed by atoms with Crippen LogP contribution < -0.4 is 0 Å². The summed E-state index contributed by atoms with van der Waals surface area (Å²) in [6.45, 7) is 43.1. The first-order valence-corrected chi connectivity index (χ1v) is 48.5. The number of nitrogens with zero attached hydrogens (tertiary/aromatic N) is 4. The number of aryl methyl sites for hydroxylation is 10. The molecule has 0 aliphatic heterocycles. The summed E-state index contributed by atoms with van der Waals surface area (Å²) >= 11 is 0. The third-order valence-electron chi connectivity index (χ3n) is 24.1. The quantitative estimate of drug-likeness (QED) is 0.0227. The van der Waals surface area contributed by atoms with Crippen LogP contribution in [0.15, 0.2) is 248 Å². The Hall–Kier alpha value is -9.94. The molecule has 1 saturated carbocycles. The minimum Gasteiger partial charge on any atom is -0.512 e. The number of hydrogen-bond acceptors (Lipinski definition) is 12. The molecule has 138 heavy (non-hydrogen) atoms. The predicted molar refractivity (Wildman–Crippen MR) is 563 cm³/mol. The van der Waals surface area contributed by atoms with Gasteiger partial charge in [0.25, 0.3) is 0 Å². The fourth-order valence-electron chi connectivity index (χ4n) is 17.1. The molecule has 0 amide bonds. The van der Waals surface area contributed by atoms with Crippen LogP contribution in [0.1, 0.15) is 260 Å². The van der Waals surface area contributed by atoms with E-state index in [1.54, 1.807) is 0 Å².